The Bertz CT molecular complexity index is 722. The first-order valence-electron chi connectivity index (χ1n) is 8.82. The minimum atomic E-state index is -0.945. The summed E-state index contributed by atoms with van der Waals surface area (Å²) in [5.41, 5.74) is 2.62. The number of hydrogen-bond donors (Lipinski definition) is 2. The average Bonchev–Trinajstić information content (AvgIpc) is 2.97. The fraction of sp³-hybridized carbons (Fsp3) is 0.381. The van der Waals surface area contributed by atoms with Gasteiger partial charge in [0.2, 0.25) is 0 Å². The quantitative estimate of drug-likeness (QED) is 0.874. The van der Waals surface area contributed by atoms with E-state index in [2.05, 4.69) is 17.4 Å². The summed E-state index contributed by atoms with van der Waals surface area (Å²) in [7, 11) is 0. The summed E-state index contributed by atoms with van der Waals surface area (Å²) >= 11 is 0. The van der Waals surface area contributed by atoms with Gasteiger partial charge in [0.05, 0.1) is 18.2 Å². The molecule has 1 unspecified atom stereocenters. The molecule has 0 aromatic heterocycles. The maximum atomic E-state index is 12.9. The van der Waals surface area contributed by atoms with Crippen molar-refractivity contribution >= 4 is 6.03 Å². The van der Waals surface area contributed by atoms with Crippen LogP contribution >= 0.6 is 0 Å². The number of nitrogens with one attached hydrogen (secondary N) is 1. The molecule has 2 amide bonds. The van der Waals surface area contributed by atoms with Crippen LogP contribution in [0.3, 0.4) is 0 Å². The summed E-state index contributed by atoms with van der Waals surface area (Å²) in [5.74, 6) is 0. The minimum absolute atomic E-state index is 0.0452. The Balaban J connectivity index is 1.73. The number of hydrogen-bond acceptors (Lipinski definition) is 2. The number of fused-ring (bicyclic) bond motifs is 1. The molecular formula is C21H26N2O2. The second-order valence-electron chi connectivity index (χ2n) is 7.39. The van der Waals surface area contributed by atoms with Gasteiger partial charge in [-0.25, -0.2) is 4.79 Å². The maximum Gasteiger partial charge on any atom is 0.318 e. The van der Waals surface area contributed by atoms with Crippen LogP contribution in [0.4, 0.5) is 4.79 Å². The lowest BCUT2D eigenvalue weighted by Gasteiger charge is -2.30. The van der Waals surface area contributed by atoms with Crippen LogP contribution in [-0.4, -0.2) is 28.2 Å². The minimum Gasteiger partial charge on any atom is -0.389 e. The maximum absolute atomic E-state index is 12.9. The second kappa shape index (κ2) is 7.28. The highest BCUT2D eigenvalue weighted by Gasteiger charge is 2.28. The topological polar surface area (TPSA) is 52.6 Å². The van der Waals surface area contributed by atoms with E-state index in [1.54, 1.807) is 18.7 Å². The number of urea groups is 1. The van der Waals surface area contributed by atoms with Gasteiger partial charge in [0, 0.05) is 6.54 Å². The summed E-state index contributed by atoms with van der Waals surface area (Å²) < 4.78 is 0. The fourth-order valence-corrected chi connectivity index (χ4v) is 3.42. The number of nitrogens with zero attached hydrogens (tertiary/aromatic N) is 1. The lowest BCUT2D eigenvalue weighted by Crippen LogP contribution is -2.47. The van der Waals surface area contributed by atoms with E-state index in [1.807, 2.05) is 42.5 Å². The third-order valence-corrected chi connectivity index (χ3v) is 4.51. The highest BCUT2D eigenvalue weighted by Crippen LogP contribution is 2.30. The monoisotopic (exact) mass is 338 g/mol. The molecule has 0 radical (unpaired) electrons. The van der Waals surface area contributed by atoms with E-state index < -0.39 is 5.60 Å². The van der Waals surface area contributed by atoms with Gasteiger partial charge in [0.1, 0.15) is 0 Å². The van der Waals surface area contributed by atoms with Crippen LogP contribution in [0.1, 0.15) is 43.0 Å². The summed E-state index contributed by atoms with van der Waals surface area (Å²) in [6.07, 6.45) is 1.91. The second-order valence-corrected chi connectivity index (χ2v) is 7.39. The number of amides is 2. The number of benzene rings is 2. The summed E-state index contributed by atoms with van der Waals surface area (Å²) in [5, 5.41) is 13.4. The standard InChI is InChI=1S/C21H26N2O2/c1-21(2,25)15-23(14-16-8-4-3-5-9-16)20(24)22-19-13-12-17-10-6-7-11-18(17)19/h3-11,19,25H,12-15H2,1-2H3,(H,22,24). The van der Waals surface area contributed by atoms with Crippen molar-refractivity contribution < 1.29 is 9.90 Å². The Kier molecular flexibility index (Phi) is 5.09. The molecule has 0 saturated heterocycles. The highest BCUT2D eigenvalue weighted by atomic mass is 16.3. The molecule has 2 aromatic rings. The number of aryl methyl sites for hydroxylation is 1. The summed E-state index contributed by atoms with van der Waals surface area (Å²) in [4.78, 5) is 14.6. The molecule has 4 heteroatoms. The molecular weight excluding hydrogens is 312 g/mol. The van der Waals surface area contributed by atoms with E-state index in [4.69, 9.17) is 0 Å². The van der Waals surface area contributed by atoms with Gasteiger partial charge in [-0.1, -0.05) is 54.6 Å². The zero-order valence-electron chi connectivity index (χ0n) is 14.9. The summed E-state index contributed by atoms with van der Waals surface area (Å²) in [6.45, 7) is 4.21. The van der Waals surface area contributed by atoms with Crippen LogP contribution in [0.25, 0.3) is 0 Å². The number of rotatable bonds is 5. The molecule has 1 aliphatic carbocycles. The lowest BCUT2D eigenvalue weighted by molar-refractivity contribution is 0.0442. The van der Waals surface area contributed by atoms with Crippen LogP contribution in [-0.2, 0) is 13.0 Å². The lowest BCUT2D eigenvalue weighted by atomic mass is 10.1. The fourth-order valence-electron chi connectivity index (χ4n) is 3.42. The van der Waals surface area contributed by atoms with Crippen LogP contribution in [0, 0.1) is 0 Å². The molecule has 0 saturated carbocycles. The van der Waals surface area contributed by atoms with Crippen molar-refractivity contribution in [3.63, 3.8) is 0 Å². The molecule has 2 aromatic carbocycles. The van der Waals surface area contributed by atoms with E-state index >= 15 is 0 Å². The van der Waals surface area contributed by atoms with Crippen molar-refractivity contribution in [3.8, 4) is 0 Å². The van der Waals surface area contributed by atoms with Crippen molar-refractivity contribution in [2.45, 2.75) is 44.9 Å². The van der Waals surface area contributed by atoms with Gasteiger partial charge in [-0.2, -0.15) is 0 Å². The van der Waals surface area contributed by atoms with E-state index in [1.165, 1.54) is 11.1 Å². The van der Waals surface area contributed by atoms with Gasteiger partial charge in [-0.3, -0.25) is 0 Å². The van der Waals surface area contributed by atoms with Crippen molar-refractivity contribution in [3.05, 3.63) is 71.3 Å². The highest BCUT2D eigenvalue weighted by molar-refractivity contribution is 5.75. The molecule has 0 bridgehead atoms. The van der Waals surface area contributed by atoms with Gasteiger partial charge in [-0.15, -0.1) is 0 Å². The Labute approximate surface area is 149 Å². The SMILES string of the molecule is CC(C)(O)CN(Cc1ccccc1)C(=O)NC1CCc2ccccc21. The summed E-state index contributed by atoms with van der Waals surface area (Å²) in [6, 6.07) is 18.1. The molecule has 0 spiro atoms. The predicted octanol–water partition coefficient (Wildman–Crippen LogP) is 3.66. The molecule has 0 fully saturated rings. The first kappa shape index (κ1) is 17.5. The largest absolute Gasteiger partial charge is 0.389 e. The zero-order chi connectivity index (χ0) is 17.9. The zero-order valence-corrected chi connectivity index (χ0v) is 14.9. The molecule has 25 heavy (non-hydrogen) atoms. The van der Waals surface area contributed by atoms with Gasteiger partial charge < -0.3 is 15.3 Å². The number of carbonyl (C=O) groups is 1. The third-order valence-electron chi connectivity index (χ3n) is 4.51. The van der Waals surface area contributed by atoms with E-state index in [0.29, 0.717) is 6.54 Å². The van der Waals surface area contributed by atoms with Crippen LogP contribution < -0.4 is 5.32 Å². The molecule has 2 N–H and O–H groups in total. The van der Waals surface area contributed by atoms with Crippen molar-refractivity contribution in [1.29, 1.82) is 0 Å². The molecule has 0 aliphatic heterocycles. The van der Waals surface area contributed by atoms with Crippen molar-refractivity contribution in [1.82, 2.24) is 10.2 Å². The predicted molar refractivity (Wildman–Crippen MR) is 99.2 cm³/mol. The van der Waals surface area contributed by atoms with Gasteiger partial charge in [0.15, 0.2) is 0 Å². The van der Waals surface area contributed by atoms with E-state index in [-0.39, 0.29) is 18.6 Å². The van der Waals surface area contributed by atoms with Crippen molar-refractivity contribution in [2.24, 2.45) is 0 Å². The third kappa shape index (κ3) is 4.60. The smallest absolute Gasteiger partial charge is 0.318 e. The molecule has 132 valence electrons. The Morgan fingerprint density at radius 2 is 1.84 bits per heavy atom. The average molecular weight is 338 g/mol. The normalized spacial score (nSPS) is 16.4. The number of aliphatic hydroxyl groups is 1. The van der Waals surface area contributed by atoms with Crippen LogP contribution in [0.2, 0.25) is 0 Å². The van der Waals surface area contributed by atoms with Gasteiger partial charge in [-0.05, 0) is 43.4 Å². The Morgan fingerprint density at radius 1 is 1.16 bits per heavy atom. The van der Waals surface area contributed by atoms with E-state index in [0.717, 1.165) is 18.4 Å². The number of carbonyl (C=O) groups excluding carboxylic acids is 1. The van der Waals surface area contributed by atoms with E-state index in [9.17, 15) is 9.90 Å². The molecule has 3 rings (SSSR count). The van der Waals surface area contributed by atoms with Gasteiger partial charge >= 0.3 is 6.03 Å². The molecule has 1 aliphatic rings. The molecule has 4 nitrogen and oxygen atoms in total. The van der Waals surface area contributed by atoms with Crippen LogP contribution in [0.5, 0.6) is 0 Å². The molecule has 0 heterocycles. The molecule has 1 atom stereocenters. The van der Waals surface area contributed by atoms with Crippen molar-refractivity contribution in [2.75, 3.05) is 6.54 Å². The Morgan fingerprint density at radius 3 is 2.56 bits per heavy atom. The van der Waals surface area contributed by atoms with Gasteiger partial charge in [0.25, 0.3) is 0 Å². The first-order valence-corrected chi connectivity index (χ1v) is 8.82. The first-order chi connectivity index (χ1) is 11.9. The van der Waals surface area contributed by atoms with Crippen LogP contribution in [0.15, 0.2) is 54.6 Å². The Hall–Kier alpha value is -2.33.